The Hall–Kier alpha value is -1.56. The number of nitrogens with zero attached hydrogens (tertiary/aromatic N) is 2. The summed E-state index contributed by atoms with van der Waals surface area (Å²) in [4.78, 5) is 3.95. The third-order valence-electron chi connectivity index (χ3n) is 2.91. The van der Waals surface area contributed by atoms with E-state index in [2.05, 4.69) is 11.1 Å². The van der Waals surface area contributed by atoms with Gasteiger partial charge in [-0.15, -0.1) is 0 Å². The molecule has 0 spiro atoms. The number of hydrogen-bond donors (Lipinski definition) is 0. The maximum atomic E-state index is 8.83. The fourth-order valence-corrected chi connectivity index (χ4v) is 1.70. The summed E-state index contributed by atoms with van der Waals surface area (Å²) < 4.78 is 5.55. The smallest absolute Gasteiger partial charge is 0.155 e. The van der Waals surface area contributed by atoms with Gasteiger partial charge in [-0.05, 0) is 18.4 Å². The highest BCUT2D eigenvalue weighted by molar-refractivity contribution is 5.40. The molecule has 1 aliphatic rings. The van der Waals surface area contributed by atoms with Crippen molar-refractivity contribution in [3.63, 3.8) is 0 Å². The van der Waals surface area contributed by atoms with Gasteiger partial charge in [-0.2, -0.15) is 5.26 Å². The fraction of sp³-hybridized carbons (Fsp3) is 0.500. The predicted octanol–water partition coefficient (Wildman–Crippen LogP) is 2.52. The van der Waals surface area contributed by atoms with Gasteiger partial charge in [0.1, 0.15) is 6.07 Å². The molecule has 1 heterocycles. The average molecular weight is 202 g/mol. The first-order valence-electron chi connectivity index (χ1n) is 5.37. The van der Waals surface area contributed by atoms with Gasteiger partial charge in [-0.3, -0.25) is 4.98 Å². The van der Waals surface area contributed by atoms with Gasteiger partial charge in [0, 0.05) is 6.20 Å². The molecule has 0 N–H and O–H groups in total. The van der Waals surface area contributed by atoms with Gasteiger partial charge < -0.3 is 4.74 Å². The third-order valence-corrected chi connectivity index (χ3v) is 2.91. The van der Waals surface area contributed by atoms with Crippen LogP contribution in [0.15, 0.2) is 18.5 Å². The SMILES string of the molecule is N#Cc1ccncc1OCCC1CCC1. The molecule has 78 valence electrons. The summed E-state index contributed by atoms with van der Waals surface area (Å²) in [6.45, 7) is 0.699. The molecule has 3 heteroatoms. The minimum absolute atomic E-state index is 0.568. The second-order valence-electron chi connectivity index (χ2n) is 3.92. The molecule has 0 atom stereocenters. The standard InChI is InChI=1S/C12H14N2O/c13-8-11-4-6-14-9-12(11)15-7-5-10-2-1-3-10/h4,6,9-10H,1-3,5,7H2. The number of nitriles is 1. The van der Waals surface area contributed by atoms with Crippen LogP contribution in [0, 0.1) is 17.2 Å². The van der Waals surface area contributed by atoms with E-state index in [9.17, 15) is 0 Å². The molecular weight excluding hydrogens is 188 g/mol. The van der Waals surface area contributed by atoms with Gasteiger partial charge in [0.05, 0.1) is 18.4 Å². The first-order chi connectivity index (χ1) is 7.40. The summed E-state index contributed by atoms with van der Waals surface area (Å²) in [6, 6.07) is 3.78. The van der Waals surface area contributed by atoms with Crippen LogP contribution in [0.25, 0.3) is 0 Å². The summed E-state index contributed by atoms with van der Waals surface area (Å²) in [7, 11) is 0. The number of aromatic nitrogens is 1. The predicted molar refractivity (Wildman–Crippen MR) is 56.4 cm³/mol. The molecule has 0 bridgehead atoms. The van der Waals surface area contributed by atoms with Crippen LogP contribution < -0.4 is 4.74 Å². The zero-order valence-corrected chi connectivity index (χ0v) is 8.65. The third kappa shape index (κ3) is 2.47. The minimum atomic E-state index is 0.568. The first kappa shape index (κ1) is 9.97. The summed E-state index contributed by atoms with van der Waals surface area (Å²) in [5.74, 6) is 1.45. The quantitative estimate of drug-likeness (QED) is 0.753. The number of hydrogen-bond acceptors (Lipinski definition) is 3. The average Bonchev–Trinajstić information content (AvgIpc) is 2.22. The topological polar surface area (TPSA) is 45.9 Å². The van der Waals surface area contributed by atoms with Crippen molar-refractivity contribution in [2.45, 2.75) is 25.7 Å². The van der Waals surface area contributed by atoms with E-state index in [1.54, 1.807) is 18.5 Å². The highest BCUT2D eigenvalue weighted by atomic mass is 16.5. The summed E-state index contributed by atoms with van der Waals surface area (Å²) in [5.41, 5.74) is 0.568. The van der Waals surface area contributed by atoms with Gasteiger partial charge in [0.25, 0.3) is 0 Å². The summed E-state index contributed by atoms with van der Waals surface area (Å²) in [6.07, 6.45) is 8.35. The zero-order valence-electron chi connectivity index (χ0n) is 8.65. The lowest BCUT2D eigenvalue weighted by atomic mass is 9.83. The molecule has 1 fully saturated rings. The van der Waals surface area contributed by atoms with E-state index in [1.807, 2.05) is 0 Å². The molecule has 1 saturated carbocycles. The Bertz CT molecular complexity index is 366. The molecule has 0 aliphatic heterocycles. The van der Waals surface area contributed by atoms with E-state index in [0.717, 1.165) is 12.3 Å². The van der Waals surface area contributed by atoms with Gasteiger partial charge in [0.2, 0.25) is 0 Å². The van der Waals surface area contributed by atoms with E-state index >= 15 is 0 Å². The second kappa shape index (κ2) is 4.79. The van der Waals surface area contributed by atoms with Crippen LogP contribution in [-0.4, -0.2) is 11.6 Å². The maximum absolute atomic E-state index is 8.83. The van der Waals surface area contributed by atoms with Crippen molar-refractivity contribution in [3.05, 3.63) is 24.0 Å². The van der Waals surface area contributed by atoms with Crippen molar-refractivity contribution in [1.29, 1.82) is 5.26 Å². The van der Waals surface area contributed by atoms with Crippen molar-refractivity contribution < 1.29 is 4.74 Å². The second-order valence-corrected chi connectivity index (χ2v) is 3.92. The first-order valence-corrected chi connectivity index (χ1v) is 5.37. The van der Waals surface area contributed by atoms with Gasteiger partial charge in [-0.25, -0.2) is 0 Å². The van der Waals surface area contributed by atoms with E-state index in [1.165, 1.54) is 19.3 Å². The van der Waals surface area contributed by atoms with Gasteiger partial charge >= 0.3 is 0 Å². The Morgan fingerprint density at radius 3 is 3.07 bits per heavy atom. The maximum Gasteiger partial charge on any atom is 0.155 e. The molecule has 0 aromatic carbocycles. The van der Waals surface area contributed by atoms with E-state index in [4.69, 9.17) is 10.00 Å². The highest BCUT2D eigenvalue weighted by Gasteiger charge is 2.17. The Balaban J connectivity index is 1.84. The van der Waals surface area contributed by atoms with E-state index in [-0.39, 0.29) is 0 Å². The largest absolute Gasteiger partial charge is 0.491 e. The van der Waals surface area contributed by atoms with Crippen LogP contribution in [0.2, 0.25) is 0 Å². The highest BCUT2D eigenvalue weighted by Crippen LogP contribution is 2.29. The molecule has 1 aliphatic carbocycles. The fourth-order valence-electron chi connectivity index (χ4n) is 1.70. The van der Waals surface area contributed by atoms with Crippen molar-refractivity contribution in [1.82, 2.24) is 4.98 Å². The van der Waals surface area contributed by atoms with Gasteiger partial charge in [-0.1, -0.05) is 19.3 Å². The molecule has 2 rings (SSSR count). The number of ether oxygens (including phenoxy) is 1. The van der Waals surface area contributed by atoms with Crippen molar-refractivity contribution in [2.75, 3.05) is 6.61 Å². The lowest BCUT2D eigenvalue weighted by Gasteiger charge is -2.24. The van der Waals surface area contributed by atoms with Crippen LogP contribution in [-0.2, 0) is 0 Å². The Morgan fingerprint density at radius 1 is 1.53 bits per heavy atom. The lowest BCUT2D eigenvalue weighted by molar-refractivity contribution is 0.221. The monoisotopic (exact) mass is 202 g/mol. The van der Waals surface area contributed by atoms with Gasteiger partial charge in [0.15, 0.2) is 5.75 Å². The molecule has 0 unspecified atom stereocenters. The summed E-state index contributed by atoms with van der Waals surface area (Å²) >= 11 is 0. The molecule has 0 saturated heterocycles. The van der Waals surface area contributed by atoms with Crippen LogP contribution in [0.1, 0.15) is 31.2 Å². The van der Waals surface area contributed by atoms with E-state index < -0.39 is 0 Å². The van der Waals surface area contributed by atoms with Crippen molar-refractivity contribution >= 4 is 0 Å². The molecule has 3 nitrogen and oxygen atoms in total. The zero-order chi connectivity index (χ0) is 10.5. The van der Waals surface area contributed by atoms with Crippen LogP contribution in [0.3, 0.4) is 0 Å². The molecule has 1 aromatic rings. The Morgan fingerprint density at radius 2 is 2.40 bits per heavy atom. The summed E-state index contributed by atoms with van der Waals surface area (Å²) in [5, 5.41) is 8.83. The molecule has 15 heavy (non-hydrogen) atoms. The van der Waals surface area contributed by atoms with Crippen molar-refractivity contribution in [3.8, 4) is 11.8 Å². The number of rotatable bonds is 4. The molecule has 0 amide bonds. The Kier molecular flexibility index (Phi) is 3.18. The van der Waals surface area contributed by atoms with Crippen LogP contribution in [0.5, 0.6) is 5.75 Å². The molecule has 0 radical (unpaired) electrons. The van der Waals surface area contributed by atoms with E-state index in [0.29, 0.717) is 17.9 Å². The van der Waals surface area contributed by atoms with Crippen LogP contribution in [0.4, 0.5) is 0 Å². The molecular formula is C12H14N2O. The molecule has 1 aromatic heterocycles. The lowest BCUT2D eigenvalue weighted by Crippen LogP contribution is -2.14. The van der Waals surface area contributed by atoms with Crippen LogP contribution >= 0.6 is 0 Å². The minimum Gasteiger partial charge on any atom is -0.491 e. The Labute approximate surface area is 89.7 Å². The normalized spacial score (nSPS) is 15.4. The number of pyridine rings is 1. The van der Waals surface area contributed by atoms with Crippen molar-refractivity contribution in [2.24, 2.45) is 5.92 Å².